The van der Waals surface area contributed by atoms with Gasteiger partial charge < -0.3 is 13.9 Å². The highest BCUT2D eigenvalue weighted by molar-refractivity contribution is 6.30. The SMILES string of the molecule is CCc1ccc(Oc2coc3cc(OCc4ccc(Cl)cc4)ccc3c2=O)cc1. The first-order valence-corrected chi connectivity index (χ1v) is 9.70. The molecule has 1 heterocycles. The second kappa shape index (κ2) is 8.41. The fraction of sp³-hybridized carbons (Fsp3) is 0.125. The molecule has 4 nitrogen and oxygen atoms in total. The molecule has 29 heavy (non-hydrogen) atoms. The molecule has 0 radical (unpaired) electrons. The van der Waals surface area contributed by atoms with E-state index in [0.717, 1.165) is 12.0 Å². The summed E-state index contributed by atoms with van der Waals surface area (Å²) in [5.74, 6) is 1.35. The van der Waals surface area contributed by atoms with Crippen LogP contribution in [0.5, 0.6) is 17.2 Å². The Morgan fingerprint density at radius 2 is 1.59 bits per heavy atom. The molecular weight excluding hydrogens is 388 g/mol. The molecule has 4 aromatic rings. The molecule has 3 aromatic carbocycles. The molecule has 0 aliphatic heterocycles. The van der Waals surface area contributed by atoms with E-state index in [1.165, 1.54) is 11.8 Å². The summed E-state index contributed by atoms with van der Waals surface area (Å²) in [5, 5.41) is 1.12. The van der Waals surface area contributed by atoms with E-state index < -0.39 is 0 Å². The lowest BCUT2D eigenvalue weighted by molar-refractivity contribution is 0.306. The van der Waals surface area contributed by atoms with Gasteiger partial charge in [-0.15, -0.1) is 0 Å². The minimum atomic E-state index is -0.227. The van der Waals surface area contributed by atoms with Crippen molar-refractivity contribution in [2.45, 2.75) is 20.0 Å². The molecular formula is C24H19ClO4. The predicted molar refractivity (Wildman–Crippen MR) is 114 cm³/mol. The van der Waals surface area contributed by atoms with Gasteiger partial charge in [-0.3, -0.25) is 4.79 Å². The number of halogens is 1. The summed E-state index contributed by atoms with van der Waals surface area (Å²) >= 11 is 5.89. The topological polar surface area (TPSA) is 48.7 Å². The Morgan fingerprint density at radius 1 is 0.897 bits per heavy atom. The fourth-order valence-corrected chi connectivity index (χ4v) is 3.04. The van der Waals surface area contributed by atoms with Crippen molar-refractivity contribution in [3.63, 3.8) is 0 Å². The molecule has 1 aromatic heterocycles. The van der Waals surface area contributed by atoms with E-state index in [-0.39, 0.29) is 11.2 Å². The van der Waals surface area contributed by atoms with E-state index in [0.29, 0.717) is 34.1 Å². The fourth-order valence-electron chi connectivity index (χ4n) is 2.92. The van der Waals surface area contributed by atoms with Gasteiger partial charge in [0, 0.05) is 11.1 Å². The monoisotopic (exact) mass is 406 g/mol. The van der Waals surface area contributed by atoms with Crippen LogP contribution >= 0.6 is 11.6 Å². The van der Waals surface area contributed by atoms with Gasteiger partial charge >= 0.3 is 0 Å². The molecule has 0 N–H and O–H groups in total. The second-order valence-corrected chi connectivity index (χ2v) is 7.04. The van der Waals surface area contributed by atoms with Crippen molar-refractivity contribution in [2.75, 3.05) is 0 Å². The van der Waals surface area contributed by atoms with Crippen LogP contribution in [0.1, 0.15) is 18.1 Å². The minimum Gasteiger partial charge on any atom is -0.489 e. The standard InChI is InChI=1S/C24H19ClO4/c1-2-16-5-9-19(10-6-16)29-23-15-28-22-13-20(11-12-21(22)24(23)26)27-14-17-3-7-18(25)8-4-17/h3-13,15H,2,14H2,1H3. The first-order chi connectivity index (χ1) is 14.1. The number of hydrogen-bond donors (Lipinski definition) is 0. The van der Waals surface area contributed by atoms with Crippen LogP contribution in [0.2, 0.25) is 5.02 Å². The van der Waals surface area contributed by atoms with Crippen molar-refractivity contribution in [3.8, 4) is 17.2 Å². The third-order valence-corrected chi connectivity index (χ3v) is 4.84. The van der Waals surface area contributed by atoms with Gasteiger partial charge in [-0.25, -0.2) is 0 Å². The van der Waals surface area contributed by atoms with Crippen molar-refractivity contribution in [3.05, 3.63) is 99.4 Å². The number of rotatable bonds is 6. The van der Waals surface area contributed by atoms with Gasteiger partial charge in [0.25, 0.3) is 0 Å². The smallest absolute Gasteiger partial charge is 0.235 e. The molecule has 5 heteroatoms. The molecule has 0 fully saturated rings. The molecule has 0 spiro atoms. The summed E-state index contributed by atoms with van der Waals surface area (Å²) in [6.07, 6.45) is 2.28. The Morgan fingerprint density at radius 3 is 2.31 bits per heavy atom. The van der Waals surface area contributed by atoms with E-state index in [4.69, 9.17) is 25.5 Å². The largest absolute Gasteiger partial charge is 0.489 e. The maximum atomic E-state index is 12.7. The first-order valence-electron chi connectivity index (χ1n) is 9.32. The average Bonchev–Trinajstić information content (AvgIpc) is 2.76. The minimum absolute atomic E-state index is 0.150. The lowest BCUT2D eigenvalue weighted by atomic mass is 10.2. The molecule has 0 aliphatic rings. The van der Waals surface area contributed by atoms with Crippen LogP contribution in [0.25, 0.3) is 11.0 Å². The zero-order valence-corrected chi connectivity index (χ0v) is 16.6. The highest BCUT2D eigenvalue weighted by atomic mass is 35.5. The average molecular weight is 407 g/mol. The number of aryl methyl sites for hydroxylation is 1. The third-order valence-electron chi connectivity index (χ3n) is 4.59. The van der Waals surface area contributed by atoms with Crippen LogP contribution in [0.3, 0.4) is 0 Å². The highest BCUT2D eigenvalue weighted by Crippen LogP contribution is 2.25. The molecule has 4 rings (SSSR count). The summed E-state index contributed by atoms with van der Waals surface area (Å²) in [4.78, 5) is 12.7. The van der Waals surface area contributed by atoms with Crippen molar-refractivity contribution in [1.29, 1.82) is 0 Å². The van der Waals surface area contributed by atoms with Crippen LogP contribution in [-0.2, 0) is 13.0 Å². The highest BCUT2D eigenvalue weighted by Gasteiger charge is 2.10. The zero-order chi connectivity index (χ0) is 20.2. The van der Waals surface area contributed by atoms with Crippen LogP contribution in [0, 0.1) is 0 Å². The van der Waals surface area contributed by atoms with Crippen LogP contribution in [0.15, 0.2) is 82.2 Å². The van der Waals surface area contributed by atoms with Crippen molar-refractivity contribution < 1.29 is 13.9 Å². The summed E-state index contributed by atoms with van der Waals surface area (Å²) in [5.41, 5.74) is 2.41. The normalized spacial score (nSPS) is 10.8. The predicted octanol–water partition coefficient (Wildman–Crippen LogP) is 6.38. The molecule has 146 valence electrons. The van der Waals surface area contributed by atoms with E-state index >= 15 is 0 Å². The summed E-state index contributed by atoms with van der Waals surface area (Å²) < 4.78 is 17.1. The molecule has 0 saturated heterocycles. The van der Waals surface area contributed by atoms with Gasteiger partial charge in [0.15, 0.2) is 0 Å². The van der Waals surface area contributed by atoms with E-state index in [9.17, 15) is 4.79 Å². The molecule has 0 saturated carbocycles. The third kappa shape index (κ3) is 4.44. The van der Waals surface area contributed by atoms with Crippen LogP contribution in [0.4, 0.5) is 0 Å². The van der Waals surface area contributed by atoms with Gasteiger partial charge in [-0.05, 0) is 53.9 Å². The van der Waals surface area contributed by atoms with Gasteiger partial charge in [0.2, 0.25) is 11.2 Å². The van der Waals surface area contributed by atoms with Crippen molar-refractivity contribution >= 4 is 22.6 Å². The number of benzene rings is 3. The molecule has 0 atom stereocenters. The maximum Gasteiger partial charge on any atom is 0.235 e. The van der Waals surface area contributed by atoms with Gasteiger partial charge in [-0.1, -0.05) is 42.8 Å². The lowest BCUT2D eigenvalue weighted by Gasteiger charge is -2.09. The van der Waals surface area contributed by atoms with E-state index in [2.05, 4.69) is 6.92 Å². The summed E-state index contributed by atoms with van der Waals surface area (Å²) in [7, 11) is 0. The Balaban J connectivity index is 1.52. The molecule has 0 amide bonds. The quantitative estimate of drug-likeness (QED) is 0.372. The lowest BCUT2D eigenvalue weighted by Crippen LogP contribution is -2.05. The Bertz CT molecular complexity index is 1180. The Labute approximate surface area is 173 Å². The zero-order valence-electron chi connectivity index (χ0n) is 15.9. The van der Waals surface area contributed by atoms with Gasteiger partial charge in [-0.2, -0.15) is 0 Å². The van der Waals surface area contributed by atoms with Crippen LogP contribution < -0.4 is 14.9 Å². The van der Waals surface area contributed by atoms with Gasteiger partial charge in [0.05, 0.1) is 5.39 Å². The maximum absolute atomic E-state index is 12.7. The Hall–Kier alpha value is -3.24. The van der Waals surface area contributed by atoms with Crippen LogP contribution in [-0.4, -0.2) is 0 Å². The van der Waals surface area contributed by atoms with E-state index in [1.807, 2.05) is 48.5 Å². The second-order valence-electron chi connectivity index (χ2n) is 6.60. The number of ether oxygens (including phenoxy) is 2. The van der Waals surface area contributed by atoms with E-state index in [1.54, 1.807) is 18.2 Å². The van der Waals surface area contributed by atoms with Crippen molar-refractivity contribution in [1.82, 2.24) is 0 Å². The summed E-state index contributed by atoms with van der Waals surface area (Å²) in [6, 6.07) is 20.2. The molecule has 0 aliphatic carbocycles. The van der Waals surface area contributed by atoms with Gasteiger partial charge in [0.1, 0.15) is 30.0 Å². The first kappa shape index (κ1) is 19.1. The number of hydrogen-bond acceptors (Lipinski definition) is 4. The van der Waals surface area contributed by atoms with Crippen molar-refractivity contribution in [2.24, 2.45) is 0 Å². The molecule has 0 unspecified atom stereocenters. The summed E-state index contributed by atoms with van der Waals surface area (Å²) in [6.45, 7) is 2.48. The molecule has 0 bridgehead atoms. The number of fused-ring (bicyclic) bond motifs is 1. The Kier molecular flexibility index (Phi) is 5.54.